The number of carbonyl (C=O) groups is 1. The fourth-order valence-electron chi connectivity index (χ4n) is 3.09. The summed E-state index contributed by atoms with van der Waals surface area (Å²) in [6, 6.07) is 11.3. The highest BCUT2D eigenvalue weighted by Gasteiger charge is 2.23. The molecule has 1 heterocycles. The number of hydrogen-bond donors (Lipinski definition) is 0. The van der Waals surface area contributed by atoms with E-state index >= 15 is 0 Å². The van der Waals surface area contributed by atoms with Gasteiger partial charge in [-0.25, -0.2) is 0 Å². The summed E-state index contributed by atoms with van der Waals surface area (Å²) in [7, 11) is 3.03. The fourth-order valence-corrected chi connectivity index (χ4v) is 4.03. The number of ketones is 1. The van der Waals surface area contributed by atoms with Crippen molar-refractivity contribution in [3.05, 3.63) is 80.0 Å². The standard InChI is InChI=1S/C23H20BrCl2NO4/c1-29-21-7-6-16(20(28)11-17-18(25)12-27-13-19(17)26)22(23(21)30-2)31-9-8-14-4-3-5-15(24)10-14/h3-7,10,12-13H,8-9,11H2,1-2H3. The van der Waals surface area contributed by atoms with Gasteiger partial charge in [0.25, 0.3) is 0 Å². The lowest BCUT2D eigenvalue weighted by Crippen LogP contribution is -2.11. The Balaban J connectivity index is 1.89. The Morgan fingerprint density at radius 1 is 1.03 bits per heavy atom. The first-order valence-corrected chi connectivity index (χ1v) is 10.9. The first-order chi connectivity index (χ1) is 14.9. The lowest BCUT2D eigenvalue weighted by atomic mass is 10.0. The van der Waals surface area contributed by atoms with Gasteiger partial charge >= 0.3 is 0 Å². The van der Waals surface area contributed by atoms with E-state index < -0.39 is 0 Å². The Labute approximate surface area is 199 Å². The van der Waals surface area contributed by atoms with E-state index in [9.17, 15) is 4.79 Å². The van der Waals surface area contributed by atoms with Crippen molar-refractivity contribution in [3.8, 4) is 17.2 Å². The SMILES string of the molecule is COc1ccc(C(=O)Cc2c(Cl)cncc2Cl)c(OCCc2cccc(Br)c2)c1OC. The van der Waals surface area contributed by atoms with Crippen molar-refractivity contribution in [1.29, 1.82) is 0 Å². The maximum absolute atomic E-state index is 13.2. The molecule has 0 amide bonds. The molecule has 0 aliphatic heterocycles. The van der Waals surface area contributed by atoms with Crippen LogP contribution in [0.3, 0.4) is 0 Å². The zero-order valence-corrected chi connectivity index (χ0v) is 20.1. The number of nitrogens with zero attached hydrogens (tertiary/aromatic N) is 1. The van der Waals surface area contributed by atoms with Crippen LogP contribution in [0, 0.1) is 0 Å². The number of methoxy groups -OCH3 is 2. The fraction of sp³-hybridized carbons (Fsp3) is 0.217. The summed E-state index contributed by atoms with van der Waals surface area (Å²) in [5.74, 6) is 0.933. The average molecular weight is 525 g/mol. The molecule has 0 saturated carbocycles. The summed E-state index contributed by atoms with van der Waals surface area (Å²) < 4.78 is 17.9. The molecule has 0 spiro atoms. The molecule has 0 atom stereocenters. The molecule has 0 bridgehead atoms. The number of hydrogen-bond acceptors (Lipinski definition) is 5. The third-order valence-electron chi connectivity index (χ3n) is 4.62. The molecular weight excluding hydrogens is 505 g/mol. The quantitative estimate of drug-likeness (QED) is 0.311. The van der Waals surface area contributed by atoms with Gasteiger partial charge in [-0.3, -0.25) is 9.78 Å². The van der Waals surface area contributed by atoms with Crippen molar-refractivity contribution in [3.63, 3.8) is 0 Å². The minimum atomic E-state index is -0.214. The molecule has 0 aliphatic rings. The summed E-state index contributed by atoms with van der Waals surface area (Å²) in [6.45, 7) is 0.344. The summed E-state index contributed by atoms with van der Waals surface area (Å²) in [5, 5.41) is 0.664. The van der Waals surface area contributed by atoms with E-state index in [2.05, 4.69) is 20.9 Å². The number of benzene rings is 2. The van der Waals surface area contributed by atoms with Gasteiger partial charge in [-0.15, -0.1) is 0 Å². The Bertz CT molecular complexity index is 1070. The van der Waals surface area contributed by atoms with Crippen LogP contribution in [0.4, 0.5) is 0 Å². The van der Waals surface area contributed by atoms with Crippen LogP contribution in [0.15, 0.2) is 53.3 Å². The molecule has 0 aliphatic carbocycles. The van der Waals surface area contributed by atoms with Gasteiger partial charge in [0.1, 0.15) is 0 Å². The molecule has 5 nitrogen and oxygen atoms in total. The second-order valence-corrected chi connectivity index (χ2v) is 8.32. The molecule has 3 rings (SSSR count). The maximum Gasteiger partial charge on any atom is 0.204 e. The zero-order valence-electron chi connectivity index (χ0n) is 17.0. The van der Waals surface area contributed by atoms with Crippen molar-refractivity contribution in [2.24, 2.45) is 0 Å². The van der Waals surface area contributed by atoms with E-state index in [0.29, 0.717) is 51.4 Å². The van der Waals surface area contributed by atoms with Crippen LogP contribution in [-0.2, 0) is 12.8 Å². The Morgan fingerprint density at radius 2 is 1.77 bits per heavy atom. The highest BCUT2D eigenvalue weighted by Crippen LogP contribution is 2.41. The van der Waals surface area contributed by atoms with Gasteiger partial charge in [0.15, 0.2) is 17.3 Å². The molecular formula is C23H20BrCl2NO4. The van der Waals surface area contributed by atoms with Crippen molar-refractivity contribution in [2.45, 2.75) is 12.8 Å². The third-order valence-corrected chi connectivity index (χ3v) is 5.76. The van der Waals surface area contributed by atoms with Crippen LogP contribution in [0.1, 0.15) is 21.5 Å². The number of halogens is 3. The average Bonchev–Trinajstić information content (AvgIpc) is 2.75. The van der Waals surface area contributed by atoms with E-state index in [1.54, 1.807) is 12.1 Å². The minimum absolute atomic E-state index is 0.00232. The molecule has 0 unspecified atom stereocenters. The first kappa shape index (κ1) is 23.4. The predicted molar refractivity (Wildman–Crippen MR) is 125 cm³/mol. The number of pyridine rings is 1. The largest absolute Gasteiger partial charge is 0.493 e. The zero-order chi connectivity index (χ0) is 22.4. The first-order valence-electron chi connectivity index (χ1n) is 9.38. The highest BCUT2D eigenvalue weighted by atomic mass is 79.9. The number of aromatic nitrogens is 1. The van der Waals surface area contributed by atoms with E-state index in [1.807, 2.05) is 24.3 Å². The molecule has 0 saturated heterocycles. The van der Waals surface area contributed by atoms with Crippen LogP contribution in [-0.4, -0.2) is 31.6 Å². The number of carbonyl (C=O) groups excluding carboxylic acids is 1. The number of rotatable bonds is 9. The van der Waals surface area contributed by atoms with Crippen LogP contribution >= 0.6 is 39.1 Å². The molecule has 2 aromatic carbocycles. The van der Waals surface area contributed by atoms with Crippen LogP contribution in [0.2, 0.25) is 10.0 Å². The predicted octanol–water partition coefficient (Wildman–Crippen LogP) is 6.22. The highest BCUT2D eigenvalue weighted by molar-refractivity contribution is 9.10. The second kappa shape index (κ2) is 10.8. The summed E-state index contributed by atoms with van der Waals surface area (Å²) in [4.78, 5) is 17.1. The summed E-state index contributed by atoms with van der Waals surface area (Å²) >= 11 is 15.9. The van der Waals surface area contributed by atoms with Crippen molar-refractivity contribution in [2.75, 3.05) is 20.8 Å². The second-order valence-electron chi connectivity index (χ2n) is 6.59. The van der Waals surface area contributed by atoms with Crippen molar-refractivity contribution in [1.82, 2.24) is 4.98 Å². The Morgan fingerprint density at radius 3 is 2.42 bits per heavy atom. The third kappa shape index (κ3) is 5.70. The molecule has 8 heteroatoms. The van der Waals surface area contributed by atoms with Gasteiger partial charge in [0, 0.05) is 35.3 Å². The molecule has 3 aromatic rings. The van der Waals surface area contributed by atoms with Gasteiger partial charge in [-0.05, 0) is 29.8 Å². The molecule has 162 valence electrons. The van der Waals surface area contributed by atoms with Crippen LogP contribution in [0.5, 0.6) is 17.2 Å². The van der Waals surface area contributed by atoms with Crippen molar-refractivity contribution >= 4 is 44.9 Å². The Hall–Kier alpha value is -2.28. The Kier molecular flexibility index (Phi) is 8.18. The van der Waals surface area contributed by atoms with Gasteiger partial charge in [-0.2, -0.15) is 0 Å². The van der Waals surface area contributed by atoms with E-state index in [1.165, 1.54) is 26.6 Å². The maximum atomic E-state index is 13.2. The van der Waals surface area contributed by atoms with Gasteiger partial charge in [0.05, 0.1) is 36.4 Å². The lowest BCUT2D eigenvalue weighted by molar-refractivity contribution is 0.0988. The van der Waals surface area contributed by atoms with Crippen molar-refractivity contribution < 1.29 is 19.0 Å². The van der Waals surface area contributed by atoms with E-state index in [4.69, 9.17) is 37.4 Å². The normalized spacial score (nSPS) is 10.6. The van der Waals surface area contributed by atoms with E-state index in [0.717, 1.165) is 10.0 Å². The molecule has 0 N–H and O–H groups in total. The van der Waals surface area contributed by atoms with Crippen LogP contribution in [0.25, 0.3) is 0 Å². The monoisotopic (exact) mass is 523 g/mol. The molecule has 0 fully saturated rings. The number of ether oxygens (including phenoxy) is 3. The van der Waals surface area contributed by atoms with Gasteiger partial charge in [0.2, 0.25) is 5.75 Å². The summed E-state index contributed by atoms with van der Waals surface area (Å²) in [6.07, 6.45) is 3.56. The lowest BCUT2D eigenvalue weighted by Gasteiger charge is -2.17. The van der Waals surface area contributed by atoms with Crippen LogP contribution < -0.4 is 14.2 Å². The van der Waals surface area contributed by atoms with E-state index in [-0.39, 0.29) is 12.2 Å². The van der Waals surface area contributed by atoms with Gasteiger partial charge < -0.3 is 14.2 Å². The smallest absolute Gasteiger partial charge is 0.204 e. The number of Topliss-reactive ketones (excluding diaryl/α,β-unsaturated/α-hetero) is 1. The minimum Gasteiger partial charge on any atom is -0.493 e. The summed E-state index contributed by atoms with van der Waals surface area (Å²) in [5.41, 5.74) is 1.97. The molecule has 31 heavy (non-hydrogen) atoms. The molecule has 0 radical (unpaired) electrons. The molecule has 1 aromatic heterocycles. The topological polar surface area (TPSA) is 57.7 Å². The van der Waals surface area contributed by atoms with Gasteiger partial charge in [-0.1, -0.05) is 51.3 Å².